The molecule has 1 amide bonds. The van der Waals surface area contributed by atoms with Crippen molar-refractivity contribution in [2.24, 2.45) is 5.41 Å². The molecule has 1 spiro atoms. The van der Waals surface area contributed by atoms with E-state index in [1.165, 1.54) is 18.9 Å². The molecular formula is C30H34F2N4O3S. The zero-order valence-electron chi connectivity index (χ0n) is 22.4. The predicted octanol–water partition coefficient (Wildman–Crippen LogP) is 5.00. The maximum absolute atomic E-state index is 13.6. The van der Waals surface area contributed by atoms with E-state index in [4.69, 9.17) is 6.42 Å². The molecule has 212 valence electrons. The smallest absolute Gasteiger partial charge is 0.257 e. The number of nitrogens with one attached hydrogen (secondary N) is 2. The van der Waals surface area contributed by atoms with Gasteiger partial charge in [-0.3, -0.25) is 4.79 Å². The van der Waals surface area contributed by atoms with E-state index in [-0.39, 0.29) is 36.7 Å². The summed E-state index contributed by atoms with van der Waals surface area (Å²) in [6.07, 6.45) is 10.9. The van der Waals surface area contributed by atoms with Gasteiger partial charge in [0.25, 0.3) is 11.8 Å². The molecular weight excluding hydrogens is 534 g/mol. The summed E-state index contributed by atoms with van der Waals surface area (Å²) in [6.45, 7) is 1.99. The molecule has 2 saturated carbocycles. The maximum atomic E-state index is 13.6. The molecule has 0 aromatic heterocycles. The fourth-order valence-electron chi connectivity index (χ4n) is 5.82. The summed E-state index contributed by atoms with van der Waals surface area (Å²) in [4.78, 5) is 17.7. The Bertz CT molecular complexity index is 1460. The molecule has 2 aromatic rings. The Hall–Kier alpha value is -3.16. The SMILES string of the molecule is C#CC1(NS(=O)(=O)c2ccc(C(=O)Nc3cccc(N4CCC(F)(F)CC4)c3)c(N3CCC4(CC3)CC4)c2)CC1. The molecule has 0 unspecified atom stereocenters. The average Bonchev–Trinajstić information content (AvgIpc) is 3.87. The number of piperidine rings is 2. The number of carbonyl (C=O) groups is 1. The number of sulfonamides is 1. The van der Waals surface area contributed by atoms with Crippen LogP contribution in [-0.2, 0) is 10.0 Å². The van der Waals surface area contributed by atoms with Gasteiger partial charge < -0.3 is 15.1 Å². The Morgan fingerprint density at radius 1 is 0.875 bits per heavy atom. The van der Waals surface area contributed by atoms with Crippen LogP contribution in [0.3, 0.4) is 0 Å². The van der Waals surface area contributed by atoms with Crippen LogP contribution < -0.4 is 19.8 Å². The minimum Gasteiger partial charge on any atom is -0.371 e. The molecule has 2 aliphatic heterocycles. The third kappa shape index (κ3) is 5.54. The van der Waals surface area contributed by atoms with Crippen molar-refractivity contribution in [1.82, 2.24) is 4.72 Å². The zero-order chi connectivity index (χ0) is 28.2. The number of alkyl halides is 2. The minimum absolute atomic E-state index is 0.0798. The highest BCUT2D eigenvalue weighted by Crippen LogP contribution is 2.54. The Kier molecular flexibility index (Phi) is 6.58. The predicted molar refractivity (Wildman–Crippen MR) is 151 cm³/mol. The van der Waals surface area contributed by atoms with E-state index >= 15 is 0 Å². The van der Waals surface area contributed by atoms with E-state index in [1.807, 2.05) is 11.0 Å². The first-order chi connectivity index (χ1) is 19.0. The lowest BCUT2D eigenvalue weighted by Gasteiger charge is -2.35. The summed E-state index contributed by atoms with van der Waals surface area (Å²) in [6, 6.07) is 11.8. The van der Waals surface area contributed by atoms with Crippen LogP contribution in [0.2, 0.25) is 0 Å². The summed E-state index contributed by atoms with van der Waals surface area (Å²) >= 11 is 0. The number of hydrogen-bond donors (Lipinski definition) is 2. The normalized spacial score (nSPS) is 22.4. The molecule has 7 nitrogen and oxygen atoms in total. The highest BCUT2D eigenvalue weighted by atomic mass is 32.2. The summed E-state index contributed by atoms with van der Waals surface area (Å²) < 4.78 is 56.4. The molecule has 2 N–H and O–H groups in total. The van der Waals surface area contributed by atoms with Crippen molar-refractivity contribution in [1.29, 1.82) is 0 Å². The van der Waals surface area contributed by atoms with Crippen molar-refractivity contribution in [3.8, 4) is 12.3 Å². The van der Waals surface area contributed by atoms with E-state index in [0.29, 0.717) is 35.2 Å². The van der Waals surface area contributed by atoms with Gasteiger partial charge in [-0.1, -0.05) is 12.0 Å². The summed E-state index contributed by atoms with van der Waals surface area (Å²) in [5.41, 5.74) is 1.86. The first kappa shape index (κ1) is 27.0. The van der Waals surface area contributed by atoms with E-state index in [9.17, 15) is 22.0 Å². The van der Waals surface area contributed by atoms with Crippen LogP contribution in [0.15, 0.2) is 47.4 Å². The van der Waals surface area contributed by atoms with Gasteiger partial charge in [-0.25, -0.2) is 17.2 Å². The Labute approximate surface area is 234 Å². The van der Waals surface area contributed by atoms with Crippen molar-refractivity contribution in [2.45, 2.75) is 67.7 Å². The molecule has 4 aliphatic rings. The van der Waals surface area contributed by atoms with Crippen molar-refractivity contribution in [2.75, 3.05) is 41.3 Å². The summed E-state index contributed by atoms with van der Waals surface area (Å²) in [5.74, 6) is -0.440. The van der Waals surface area contributed by atoms with Gasteiger partial charge in [-0.05, 0) is 80.3 Å². The van der Waals surface area contributed by atoms with Gasteiger partial charge in [-0.15, -0.1) is 6.42 Å². The van der Waals surface area contributed by atoms with Crippen molar-refractivity contribution in [3.63, 3.8) is 0 Å². The van der Waals surface area contributed by atoms with Crippen molar-refractivity contribution in [3.05, 3.63) is 48.0 Å². The van der Waals surface area contributed by atoms with Crippen LogP contribution in [0.5, 0.6) is 0 Å². The first-order valence-corrected chi connectivity index (χ1v) is 15.4. The third-order valence-electron chi connectivity index (χ3n) is 8.97. The first-order valence-electron chi connectivity index (χ1n) is 14.0. The summed E-state index contributed by atoms with van der Waals surface area (Å²) in [7, 11) is -3.88. The topological polar surface area (TPSA) is 81.7 Å². The Balaban J connectivity index is 1.25. The molecule has 2 heterocycles. The lowest BCUT2D eigenvalue weighted by Crippen LogP contribution is -2.39. The third-order valence-corrected chi connectivity index (χ3v) is 10.5. The van der Waals surface area contributed by atoms with Crippen molar-refractivity contribution >= 4 is 33.0 Å². The highest BCUT2D eigenvalue weighted by Gasteiger charge is 2.46. The molecule has 4 fully saturated rings. The molecule has 0 radical (unpaired) electrons. The number of terminal acetylenes is 1. The van der Waals surface area contributed by atoms with Crippen LogP contribution in [0.25, 0.3) is 0 Å². The molecule has 0 atom stereocenters. The van der Waals surface area contributed by atoms with Gasteiger partial charge >= 0.3 is 0 Å². The van der Waals surface area contributed by atoms with Crippen LogP contribution in [0.1, 0.15) is 61.7 Å². The Morgan fingerprint density at radius 2 is 1.55 bits per heavy atom. The van der Waals surface area contributed by atoms with Crippen LogP contribution in [-0.4, -0.2) is 52.0 Å². The second kappa shape index (κ2) is 9.74. The van der Waals surface area contributed by atoms with E-state index < -0.39 is 21.5 Å². The molecule has 10 heteroatoms. The van der Waals surface area contributed by atoms with Crippen LogP contribution >= 0.6 is 0 Å². The van der Waals surface area contributed by atoms with E-state index in [0.717, 1.165) is 31.6 Å². The number of rotatable bonds is 7. The number of nitrogens with zero attached hydrogens (tertiary/aromatic N) is 2. The molecule has 0 bridgehead atoms. The lowest BCUT2D eigenvalue weighted by atomic mass is 9.93. The number of amides is 1. The number of benzene rings is 2. The van der Waals surface area contributed by atoms with E-state index in [2.05, 4.69) is 20.9 Å². The minimum atomic E-state index is -3.88. The lowest BCUT2D eigenvalue weighted by molar-refractivity contribution is -0.0220. The number of hydrogen-bond acceptors (Lipinski definition) is 5. The molecule has 2 aromatic carbocycles. The second-order valence-corrected chi connectivity index (χ2v) is 13.5. The molecule has 2 aliphatic carbocycles. The molecule has 2 saturated heterocycles. The van der Waals surface area contributed by atoms with Crippen LogP contribution in [0, 0.1) is 17.8 Å². The van der Waals surface area contributed by atoms with Gasteiger partial charge in [0.05, 0.1) is 21.7 Å². The largest absolute Gasteiger partial charge is 0.371 e. The van der Waals surface area contributed by atoms with Gasteiger partial charge in [0, 0.05) is 50.4 Å². The molecule has 6 rings (SSSR count). The second-order valence-electron chi connectivity index (χ2n) is 11.8. The maximum Gasteiger partial charge on any atom is 0.257 e. The van der Waals surface area contributed by atoms with E-state index in [1.54, 1.807) is 30.3 Å². The highest BCUT2D eigenvalue weighted by molar-refractivity contribution is 7.89. The monoisotopic (exact) mass is 568 g/mol. The fraction of sp³-hybridized carbons (Fsp3) is 0.500. The summed E-state index contributed by atoms with van der Waals surface area (Å²) in [5, 5.41) is 2.95. The van der Waals surface area contributed by atoms with Gasteiger partial charge in [0.2, 0.25) is 10.0 Å². The zero-order valence-corrected chi connectivity index (χ0v) is 23.2. The number of halogens is 2. The van der Waals surface area contributed by atoms with Crippen molar-refractivity contribution < 1.29 is 22.0 Å². The van der Waals surface area contributed by atoms with Crippen LogP contribution in [0.4, 0.5) is 25.8 Å². The Morgan fingerprint density at radius 3 is 2.17 bits per heavy atom. The number of carbonyl (C=O) groups excluding carboxylic acids is 1. The fourth-order valence-corrected chi connectivity index (χ4v) is 7.23. The van der Waals surface area contributed by atoms with Gasteiger partial charge in [0.15, 0.2) is 0 Å². The quantitative estimate of drug-likeness (QED) is 0.460. The van der Waals surface area contributed by atoms with Gasteiger partial charge in [-0.2, -0.15) is 4.72 Å². The number of anilines is 3. The van der Waals surface area contributed by atoms with Gasteiger partial charge in [0.1, 0.15) is 0 Å². The molecule has 40 heavy (non-hydrogen) atoms. The standard InChI is InChI=1S/C30H34F2N4O3S/c1-2-29(10-11-29)34-40(38,39)24-6-7-25(26(21-24)36-16-12-28(8-9-28)13-17-36)27(37)33-22-4-3-5-23(20-22)35-18-14-30(31,32)15-19-35/h1,3-7,20-21,34H,8-19H2,(H,33,37). The average molecular weight is 569 g/mol.